The van der Waals surface area contributed by atoms with Gasteiger partial charge in [-0.2, -0.15) is 0 Å². The summed E-state index contributed by atoms with van der Waals surface area (Å²) in [6, 6.07) is 8.79. The van der Waals surface area contributed by atoms with Gasteiger partial charge in [0.2, 0.25) is 0 Å². The van der Waals surface area contributed by atoms with Crippen LogP contribution in [-0.2, 0) is 0 Å². The molecule has 0 heterocycles. The Balaban J connectivity index is 2.34. The summed E-state index contributed by atoms with van der Waals surface area (Å²) in [5.74, 6) is 1.13. The molecule has 96 valence electrons. The Bertz CT molecular complexity index is 692. The van der Waals surface area contributed by atoms with E-state index in [0.29, 0.717) is 27.6 Å². The first-order valence-electron chi connectivity index (χ1n) is 5.76. The molecule has 0 spiro atoms. The van der Waals surface area contributed by atoms with E-state index in [1.807, 2.05) is 6.07 Å². The first kappa shape index (κ1) is 12.1. The zero-order chi connectivity index (χ0) is 13.6. The van der Waals surface area contributed by atoms with E-state index in [2.05, 4.69) is 0 Å². The van der Waals surface area contributed by atoms with Crippen molar-refractivity contribution < 1.29 is 14.3 Å². The first-order valence-corrected chi connectivity index (χ1v) is 6.14. The van der Waals surface area contributed by atoms with Crippen molar-refractivity contribution in [3.63, 3.8) is 0 Å². The molecule has 1 aliphatic carbocycles. The van der Waals surface area contributed by atoms with Crippen LogP contribution < -0.4 is 9.47 Å². The maximum Gasteiger partial charge on any atom is 0.198 e. The molecule has 4 heteroatoms. The standard InChI is InChI=1S/C15H11ClO3/c1-18-9-6-12-11-5-8(16)3-4-10(11)15(17)14(12)13(7-9)19-2/h3-7H,1-2H3. The summed E-state index contributed by atoms with van der Waals surface area (Å²) in [6.07, 6.45) is 0. The average molecular weight is 275 g/mol. The minimum atomic E-state index is -0.0406. The Morgan fingerprint density at radius 2 is 1.74 bits per heavy atom. The number of carbonyl (C=O) groups excluding carboxylic acids is 1. The lowest BCUT2D eigenvalue weighted by atomic mass is 10.0. The van der Waals surface area contributed by atoms with Gasteiger partial charge in [-0.1, -0.05) is 11.6 Å². The van der Waals surface area contributed by atoms with E-state index in [4.69, 9.17) is 21.1 Å². The second-order valence-corrected chi connectivity index (χ2v) is 4.71. The second kappa shape index (κ2) is 4.28. The van der Waals surface area contributed by atoms with E-state index in [-0.39, 0.29) is 5.78 Å². The van der Waals surface area contributed by atoms with E-state index < -0.39 is 0 Å². The number of rotatable bonds is 2. The summed E-state index contributed by atoms with van der Waals surface area (Å²) in [4.78, 5) is 12.4. The number of methoxy groups -OCH3 is 2. The van der Waals surface area contributed by atoms with Crippen LogP contribution in [0.15, 0.2) is 30.3 Å². The first-order chi connectivity index (χ1) is 9.15. The summed E-state index contributed by atoms with van der Waals surface area (Å²) < 4.78 is 10.5. The lowest BCUT2D eigenvalue weighted by molar-refractivity contribution is 0.104. The minimum absolute atomic E-state index is 0.0406. The van der Waals surface area contributed by atoms with Gasteiger partial charge >= 0.3 is 0 Å². The van der Waals surface area contributed by atoms with Gasteiger partial charge in [-0.05, 0) is 29.8 Å². The Labute approximate surface area is 115 Å². The Kier molecular flexibility index (Phi) is 2.72. The van der Waals surface area contributed by atoms with E-state index in [0.717, 1.165) is 11.1 Å². The topological polar surface area (TPSA) is 35.5 Å². The van der Waals surface area contributed by atoms with E-state index in [9.17, 15) is 4.79 Å². The van der Waals surface area contributed by atoms with Gasteiger partial charge in [0.1, 0.15) is 11.5 Å². The maximum atomic E-state index is 12.4. The van der Waals surface area contributed by atoms with Gasteiger partial charge in [-0.3, -0.25) is 4.79 Å². The molecule has 3 rings (SSSR count). The number of halogens is 1. The van der Waals surface area contributed by atoms with Crippen molar-refractivity contribution in [2.45, 2.75) is 0 Å². The van der Waals surface area contributed by atoms with Crippen LogP contribution in [0, 0.1) is 0 Å². The summed E-state index contributed by atoms with van der Waals surface area (Å²) in [5.41, 5.74) is 2.84. The van der Waals surface area contributed by atoms with Crippen LogP contribution in [0.25, 0.3) is 11.1 Å². The number of hydrogen-bond acceptors (Lipinski definition) is 3. The zero-order valence-electron chi connectivity index (χ0n) is 10.5. The monoisotopic (exact) mass is 274 g/mol. The summed E-state index contributed by atoms with van der Waals surface area (Å²) >= 11 is 6.01. The molecular weight excluding hydrogens is 264 g/mol. The fourth-order valence-corrected chi connectivity index (χ4v) is 2.56. The van der Waals surface area contributed by atoms with Crippen molar-refractivity contribution in [1.82, 2.24) is 0 Å². The molecule has 3 nitrogen and oxygen atoms in total. The van der Waals surface area contributed by atoms with Crippen molar-refractivity contribution in [3.8, 4) is 22.6 Å². The van der Waals surface area contributed by atoms with Gasteiger partial charge in [-0.15, -0.1) is 0 Å². The Hall–Kier alpha value is -2.00. The zero-order valence-corrected chi connectivity index (χ0v) is 11.2. The van der Waals surface area contributed by atoms with Crippen LogP contribution in [0.1, 0.15) is 15.9 Å². The number of carbonyl (C=O) groups is 1. The van der Waals surface area contributed by atoms with Crippen LogP contribution in [0.5, 0.6) is 11.5 Å². The van der Waals surface area contributed by atoms with Crippen molar-refractivity contribution in [3.05, 3.63) is 46.5 Å². The van der Waals surface area contributed by atoms with E-state index in [1.165, 1.54) is 7.11 Å². The minimum Gasteiger partial charge on any atom is -0.497 e. The fraction of sp³-hybridized carbons (Fsp3) is 0.133. The SMILES string of the molecule is COc1cc(OC)c2c(c1)-c1cc(Cl)ccc1C2=O. The summed E-state index contributed by atoms with van der Waals surface area (Å²) in [7, 11) is 3.12. The highest BCUT2D eigenvalue weighted by atomic mass is 35.5. The van der Waals surface area contributed by atoms with Crippen LogP contribution in [0.2, 0.25) is 5.02 Å². The lowest BCUT2D eigenvalue weighted by Gasteiger charge is -2.09. The van der Waals surface area contributed by atoms with Gasteiger partial charge in [0.05, 0.1) is 19.8 Å². The van der Waals surface area contributed by atoms with Crippen LogP contribution in [0.4, 0.5) is 0 Å². The molecule has 0 unspecified atom stereocenters. The largest absolute Gasteiger partial charge is 0.497 e. The molecule has 0 saturated carbocycles. The van der Waals surface area contributed by atoms with Crippen LogP contribution in [0.3, 0.4) is 0 Å². The molecule has 1 aliphatic rings. The van der Waals surface area contributed by atoms with E-state index >= 15 is 0 Å². The molecule has 0 N–H and O–H groups in total. The van der Waals surface area contributed by atoms with Crippen molar-refractivity contribution in [2.24, 2.45) is 0 Å². The number of ether oxygens (including phenoxy) is 2. The van der Waals surface area contributed by atoms with Gasteiger partial charge in [0, 0.05) is 22.2 Å². The summed E-state index contributed by atoms with van der Waals surface area (Å²) in [5, 5.41) is 0.598. The molecule has 2 aromatic carbocycles. The third kappa shape index (κ3) is 1.70. The molecule has 0 fully saturated rings. The molecule has 2 aromatic rings. The number of benzene rings is 2. The highest BCUT2D eigenvalue weighted by Gasteiger charge is 2.30. The predicted octanol–water partition coefficient (Wildman–Crippen LogP) is 3.57. The Morgan fingerprint density at radius 1 is 0.947 bits per heavy atom. The number of hydrogen-bond donors (Lipinski definition) is 0. The van der Waals surface area contributed by atoms with Crippen molar-refractivity contribution >= 4 is 17.4 Å². The Morgan fingerprint density at radius 3 is 2.42 bits per heavy atom. The molecule has 19 heavy (non-hydrogen) atoms. The van der Waals surface area contributed by atoms with Crippen molar-refractivity contribution in [1.29, 1.82) is 0 Å². The third-order valence-electron chi connectivity index (χ3n) is 3.27. The second-order valence-electron chi connectivity index (χ2n) is 4.27. The fourth-order valence-electron chi connectivity index (χ4n) is 2.39. The van der Waals surface area contributed by atoms with Crippen LogP contribution >= 0.6 is 11.6 Å². The quantitative estimate of drug-likeness (QED) is 0.717. The maximum absolute atomic E-state index is 12.4. The average Bonchev–Trinajstić information content (AvgIpc) is 2.71. The third-order valence-corrected chi connectivity index (χ3v) is 3.51. The number of ketones is 1. The van der Waals surface area contributed by atoms with Gasteiger partial charge < -0.3 is 9.47 Å². The van der Waals surface area contributed by atoms with Gasteiger partial charge in [0.15, 0.2) is 5.78 Å². The molecule has 0 atom stereocenters. The molecule has 0 aromatic heterocycles. The predicted molar refractivity (Wildman–Crippen MR) is 73.4 cm³/mol. The number of fused-ring (bicyclic) bond motifs is 3. The highest BCUT2D eigenvalue weighted by molar-refractivity contribution is 6.32. The summed E-state index contributed by atoms with van der Waals surface area (Å²) in [6.45, 7) is 0. The highest BCUT2D eigenvalue weighted by Crippen LogP contribution is 2.44. The molecule has 0 amide bonds. The molecule has 0 radical (unpaired) electrons. The van der Waals surface area contributed by atoms with Gasteiger partial charge in [-0.25, -0.2) is 0 Å². The van der Waals surface area contributed by atoms with Crippen molar-refractivity contribution in [2.75, 3.05) is 14.2 Å². The molecule has 0 aliphatic heterocycles. The molecule has 0 bridgehead atoms. The lowest BCUT2D eigenvalue weighted by Crippen LogP contribution is -1.99. The smallest absolute Gasteiger partial charge is 0.198 e. The van der Waals surface area contributed by atoms with E-state index in [1.54, 1.807) is 31.4 Å². The van der Waals surface area contributed by atoms with Crippen LogP contribution in [-0.4, -0.2) is 20.0 Å². The van der Waals surface area contributed by atoms with Gasteiger partial charge in [0.25, 0.3) is 0 Å². The molecule has 0 saturated heterocycles. The normalized spacial score (nSPS) is 12.1. The molecular formula is C15H11ClO3.